The number of nitrogen functional groups attached to an aromatic ring is 1. The van der Waals surface area contributed by atoms with Crippen LogP contribution in [0.2, 0.25) is 0 Å². The molecule has 2 aromatic heterocycles. The number of aromatic nitrogens is 3. The molecule has 0 saturated carbocycles. The normalized spacial score (nSPS) is 14.4. The first-order valence-corrected chi connectivity index (χ1v) is 6.01. The van der Waals surface area contributed by atoms with Gasteiger partial charge < -0.3 is 16.5 Å². The smallest absolute Gasteiger partial charge is 0.254 e. The van der Waals surface area contributed by atoms with Crippen molar-refractivity contribution in [3.8, 4) is 11.4 Å². The van der Waals surface area contributed by atoms with Crippen LogP contribution < -0.4 is 11.5 Å². The zero-order valence-corrected chi connectivity index (χ0v) is 9.92. The molecule has 6 nitrogen and oxygen atoms in total. The lowest BCUT2D eigenvalue weighted by molar-refractivity contribution is 0.100. The summed E-state index contributed by atoms with van der Waals surface area (Å²) in [5, 5.41) is 6.63. The first kappa shape index (κ1) is 10.9. The topological polar surface area (TPSA) is 114 Å². The van der Waals surface area contributed by atoms with E-state index in [9.17, 15) is 4.79 Å². The highest BCUT2D eigenvalue weighted by Gasteiger charge is 2.21. The second-order valence-corrected chi connectivity index (χ2v) is 4.62. The van der Waals surface area contributed by atoms with Gasteiger partial charge in [-0.3, -0.25) is 9.89 Å². The van der Waals surface area contributed by atoms with Gasteiger partial charge in [-0.25, -0.2) is 0 Å². The molecule has 2 heterocycles. The van der Waals surface area contributed by atoms with Gasteiger partial charge in [-0.05, 0) is 37.3 Å². The van der Waals surface area contributed by atoms with Crippen molar-refractivity contribution < 1.29 is 4.79 Å². The molecule has 0 aliphatic heterocycles. The van der Waals surface area contributed by atoms with Crippen LogP contribution in [0.1, 0.15) is 34.5 Å². The Bertz CT molecular complexity index is 587. The summed E-state index contributed by atoms with van der Waals surface area (Å²) in [6.07, 6.45) is 4.52. The molecule has 1 aliphatic carbocycles. The molecule has 1 aliphatic rings. The molecule has 0 radical (unpaired) electrons. The number of hydrogen-bond acceptors (Lipinski definition) is 3. The monoisotopic (exact) mass is 245 g/mol. The van der Waals surface area contributed by atoms with E-state index in [1.165, 1.54) is 24.1 Å². The van der Waals surface area contributed by atoms with Crippen LogP contribution in [0.15, 0.2) is 6.07 Å². The number of aryl methyl sites for hydroxylation is 2. The summed E-state index contributed by atoms with van der Waals surface area (Å²) in [7, 11) is 0. The van der Waals surface area contributed by atoms with E-state index >= 15 is 0 Å². The van der Waals surface area contributed by atoms with Gasteiger partial charge in [-0.2, -0.15) is 5.10 Å². The number of primary amides is 1. The molecule has 18 heavy (non-hydrogen) atoms. The van der Waals surface area contributed by atoms with Crippen LogP contribution in [-0.4, -0.2) is 21.1 Å². The number of anilines is 1. The average molecular weight is 245 g/mol. The first-order valence-electron chi connectivity index (χ1n) is 6.01. The third-order valence-corrected chi connectivity index (χ3v) is 3.42. The van der Waals surface area contributed by atoms with Gasteiger partial charge in [0.05, 0.1) is 11.4 Å². The highest BCUT2D eigenvalue weighted by Crippen LogP contribution is 2.29. The number of nitrogens with two attached hydrogens (primary N) is 2. The number of aromatic amines is 2. The zero-order valence-electron chi connectivity index (χ0n) is 9.92. The summed E-state index contributed by atoms with van der Waals surface area (Å²) >= 11 is 0. The molecule has 6 heteroatoms. The zero-order chi connectivity index (χ0) is 12.7. The van der Waals surface area contributed by atoms with E-state index in [0.29, 0.717) is 5.69 Å². The summed E-state index contributed by atoms with van der Waals surface area (Å²) in [5.74, 6) is -0.422. The molecule has 0 aromatic carbocycles. The fraction of sp³-hybridized carbons (Fsp3) is 0.333. The van der Waals surface area contributed by atoms with Crippen LogP contribution in [0.3, 0.4) is 0 Å². The van der Waals surface area contributed by atoms with Crippen molar-refractivity contribution in [1.29, 1.82) is 0 Å². The van der Waals surface area contributed by atoms with Gasteiger partial charge in [0, 0.05) is 5.69 Å². The number of hydrogen-bond donors (Lipinski definition) is 4. The second-order valence-electron chi connectivity index (χ2n) is 4.62. The molecular weight excluding hydrogens is 230 g/mol. The van der Waals surface area contributed by atoms with Gasteiger partial charge in [-0.1, -0.05) is 0 Å². The molecule has 3 rings (SSSR count). The van der Waals surface area contributed by atoms with E-state index in [2.05, 4.69) is 15.2 Å². The number of nitrogens with zero attached hydrogens (tertiary/aromatic N) is 1. The Morgan fingerprint density at radius 1 is 1.33 bits per heavy atom. The molecule has 0 saturated heterocycles. The highest BCUT2D eigenvalue weighted by atomic mass is 16.1. The van der Waals surface area contributed by atoms with E-state index in [1.54, 1.807) is 0 Å². The SMILES string of the molecule is NC(=O)c1c(N)n[nH]c1-c1cc2c([nH]1)CCCC2. The number of H-pyrrole nitrogens is 2. The highest BCUT2D eigenvalue weighted by molar-refractivity contribution is 6.02. The fourth-order valence-corrected chi connectivity index (χ4v) is 2.54. The van der Waals surface area contributed by atoms with Crippen molar-refractivity contribution in [2.45, 2.75) is 25.7 Å². The summed E-state index contributed by atoms with van der Waals surface area (Å²) in [6, 6.07) is 2.05. The van der Waals surface area contributed by atoms with E-state index in [4.69, 9.17) is 11.5 Å². The van der Waals surface area contributed by atoms with Gasteiger partial charge in [0.1, 0.15) is 5.56 Å². The quantitative estimate of drug-likeness (QED) is 0.632. The molecule has 94 valence electrons. The van der Waals surface area contributed by atoms with Crippen molar-refractivity contribution in [3.63, 3.8) is 0 Å². The number of carbonyl (C=O) groups is 1. The van der Waals surface area contributed by atoms with E-state index in [0.717, 1.165) is 18.5 Å². The Morgan fingerprint density at radius 3 is 2.83 bits per heavy atom. The number of nitrogens with one attached hydrogen (secondary N) is 2. The van der Waals surface area contributed by atoms with Gasteiger partial charge in [0.15, 0.2) is 5.82 Å². The molecule has 2 aromatic rings. The van der Waals surface area contributed by atoms with Crippen LogP contribution in [0.4, 0.5) is 5.82 Å². The number of rotatable bonds is 2. The average Bonchev–Trinajstić information content (AvgIpc) is 2.91. The Hall–Kier alpha value is -2.24. The minimum Gasteiger partial charge on any atom is -0.382 e. The summed E-state index contributed by atoms with van der Waals surface area (Å²) in [4.78, 5) is 14.7. The Kier molecular flexibility index (Phi) is 2.36. The van der Waals surface area contributed by atoms with Crippen LogP contribution in [0, 0.1) is 0 Å². The molecule has 0 atom stereocenters. The maximum Gasteiger partial charge on any atom is 0.254 e. The maximum absolute atomic E-state index is 11.4. The minimum atomic E-state index is -0.566. The number of carbonyl (C=O) groups excluding carboxylic acids is 1. The van der Waals surface area contributed by atoms with E-state index in [1.807, 2.05) is 6.07 Å². The van der Waals surface area contributed by atoms with E-state index < -0.39 is 5.91 Å². The summed E-state index contributed by atoms with van der Waals surface area (Å²) in [6.45, 7) is 0. The molecule has 0 bridgehead atoms. The standard InChI is InChI=1S/C12H15N5O/c13-11-9(12(14)18)10(16-17-11)8-5-6-3-1-2-4-7(6)15-8/h5,15H,1-4H2,(H2,14,18)(H3,13,16,17). The summed E-state index contributed by atoms with van der Waals surface area (Å²) in [5.41, 5.74) is 15.2. The molecule has 1 amide bonds. The first-order chi connectivity index (χ1) is 8.66. The Balaban J connectivity index is 2.10. The van der Waals surface area contributed by atoms with Crippen molar-refractivity contribution in [3.05, 3.63) is 22.9 Å². The lowest BCUT2D eigenvalue weighted by Gasteiger charge is -2.08. The van der Waals surface area contributed by atoms with Crippen LogP contribution in [-0.2, 0) is 12.8 Å². The Morgan fingerprint density at radius 2 is 2.11 bits per heavy atom. The second kappa shape index (κ2) is 3.90. The van der Waals surface area contributed by atoms with Gasteiger partial charge >= 0.3 is 0 Å². The molecular formula is C12H15N5O. The van der Waals surface area contributed by atoms with Crippen LogP contribution in [0.5, 0.6) is 0 Å². The summed E-state index contributed by atoms with van der Waals surface area (Å²) < 4.78 is 0. The van der Waals surface area contributed by atoms with Gasteiger partial charge in [-0.15, -0.1) is 0 Å². The van der Waals surface area contributed by atoms with Crippen molar-refractivity contribution >= 4 is 11.7 Å². The lowest BCUT2D eigenvalue weighted by atomic mass is 9.98. The molecule has 0 spiro atoms. The largest absolute Gasteiger partial charge is 0.382 e. The minimum absolute atomic E-state index is 0.144. The van der Waals surface area contributed by atoms with E-state index in [-0.39, 0.29) is 11.4 Å². The number of amides is 1. The van der Waals surface area contributed by atoms with Crippen molar-refractivity contribution in [2.24, 2.45) is 5.73 Å². The predicted octanol–water partition coefficient (Wildman–Crippen LogP) is 0.965. The third-order valence-electron chi connectivity index (χ3n) is 3.42. The molecule has 6 N–H and O–H groups in total. The lowest BCUT2D eigenvalue weighted by Crippen LogP contribution is -2.13. The maximum atomic E-state index is 11.4. The third kappa shape index (κ3) is 1.57. The van der Waals surface area contributed by atoms with Crippen molar-refractivity contribution in [1.82, 2.24) is 15.2 Å². The fourth-order valence-electron chi connectivity index (χ4n) is 2.54. The Labute approximate surface area is 104 Å². The molecule has 0 fully saturated rings. The predicted molar refractivity (Wildman–Crippen MR) is 67.9 cm³/mol. The van der Waals surface area contributed by atoms with Gasteiger partial charge in [0.25, 0.3) is 5.91 Å². The molecule has 0 unspecified atom stereocenters. The van der Waals surface area contributed by atoms with Gasteiger partial charge in [0.2, 0.25) is 0 Å². The van der Waals surface area contributed by atoms with Crippen LogP contribution in [0.25, 0.3) is 11.4 Å². The van der Waals surface area contributed by atoms with Crippen LogP contribution >= 0.6 is 0 Å². The van der Waals surface area contributed by atoms with Crippen molar-refractivity contribution in [2.75, 3.05) is 5.73 Å². The number of fused-ring (bicyclic) bond motifs is 1.